The fourth-order valence-electron chi connectivity index (χ4n) is 3.91. The zero-order chi connectivity index (χ0) is 15.6. The van der Waals surface area contributed by atoms with E-state index >= 15 is 0 Å². The summed E-state index contributed by atoms with van der Waals surface area (Å²) in [5.74, 6) is 0. The number of aromatic nitrogens is 1. The maximum Gasteiger partial charge on any atom is 0.186 e. The third kappa shape index (κ3) is 3.57. The van der Waals surface area contributed by atoms with Gasteiger partial charge in [0.05, 0.1) is 10.2 Å². The zero-order valence-corrected chi connectivity index (χ0v) is 15.9. The number of anilines is 1. The molecule has 124 valence electrons. The van der Waals surface area contributed by atoms with Gasteiger partial charge in [0.15, 0.2) is 5.13 Å². The van der Waals surface area contributed by atoms with Crippen LogP contribution in [0.15, 0.2) is 22.7 Å². The molecule has 5 heteroatoms. The van der Waals surface area contributed by atoms with Gasteiger partial charge in [-0.2, -0.15) is 0 Å². The molecule has 2 fully saturated rings. The van der Waals surface area contributed by atoms with Gasteiger partial charge in [-0.05, 0) is 57.0 Å². The summed E-state index contributed by atoms with van der Waals surface area (Å²) in [4.78, 5) is 10.2. The number of likely N-dealkylation sites (tertiary alicyclic amines) is 1. The van der Waals surface area contributed by atoms with E-state index in [1.54, 1.807) is 0 Å². The second-order valence-corrected chi connectivity index (χ2v) is 8.73. The highest BCUT2D eigenvalue weighted by Crippen LogP contribution is 2.33. The van der Waals surface area contributed by atoms with Gasteiger partial charge < -0.3 is 4.90 Å². The van der Waals surface area contributed by atoms with Gasteiger partial charge in [-0.3, -0.25) is 4.90 Å². The van der Waals surface area contributed by atoms with Gasteiger partial charge in [-0.15, -0.1) is 0 Å². The fraction of sp³-hybridized carbons (Fsp3) is 0.611. The van der Waals surface area contributed by atoms with Crippen molar-refractivity contribution in [3.8, 4) is 0 Å². The van der Waals surface area contributed by atoms with Crippen LogP contribution in [0.4, 0.5) is 5.13 Å². The second kappa shape index (κ2) is 7.08. The first-order chi connectivity index (χ1) is 11.3. The third-order valence-corrected chi connectivity index (χ3v) is 6.74. The number of fused-ring (bicyclic) bond motifs is 1. The molecule has 0 N–H and O–H groups in total. The number of hydrogen-bond acceptors (Lipinski definition) is 4. The van der Waals surface area contributed by atoms with Crippen molar-refractivity contribution in [1.29, 1.82) is 0 Å². The molecule has 0 spiro atoms. The van der Waals surface area contributed by atoms with E-state index in [1.807, 2.05) is 11.3 Å². The van der Waals surface area contributed by atoms with Gasteiger partial charge in [0, 0.05) is 23.6 Å². The van der Waals surface area contributed by atoms with Gasteiger partial charge in [0.2, 0.25) is 0 Å². The van der Waals surface area contributed by atoms with Crippen molar-refractivity contribution in [2.24, 2.45) is 0 Å². The lowest BCUT2D eigenvalue weighted by Gasteiger charge is -2.39. The van der Waals surface area contributed by atoms with E-state index in [1.165, 1.54) is 61.4 Å². The van der Waals surface area contributed by atoms with Crippen molar-refractivity contribution in [2.75, 3.05) is 31.1 Å². The molecule has 3 heterocycles. The van der Waals surface area contributed by atoms with Gasteiger partial charge in [-0.25, -0.2) is 4.98 Å². The number of benzene rings is 1. The summed E-state index contributed by atoms with van der Waals surface area (Å²) in [6.07, 6.45) is 8.24. The summed E-state index contributed by atoms with van der Waals surface area (Å²) in [7, 11) is 0. The Morgan fingerprint density at radius 2 is 1.87 bits per heavy atom. The lowest BCUT2D eigenvalue weighted by molar-refractivity contribution is 0.182. The monoisotopic (exact) mass is 393 g/mol. The van der Waals surface area contributed by atoms with E-state index in [-0.39, 0.29) is 0 Å². The van der Waals surface area contributed by atoms with Crippen molar-refractivity contribution < 1.29 is 0 Å². The van der Waals surface area contributed by atoms with Crippen LogP contribution in [0.5, 0.6) is 0 Å². The highest BCUT2D eigenvalue weighted by molar-refractivity contribution is 9.10. The van der Waals surface area contributed by atoms with Crippen molar-refractivity contribution in [2.45, 2.75) is 44.6 Å². The van der Waals surface area contributed by atoms with Gasteiger partial charge in [0.25, 0.3) is 0 Å². The molecule has 2 aliphatic rings. The Labute approximate surface area is 150 Å². The Morgan fingerprint density at radius 3 is 2.70 bits per heavy atom. The number of hydrogen-bond donors (Lipinski definition) is 0. The molecular weight excluding hydrogens is 370 g/mol. The predicted molar refractivity (Wildman–Crippen MR) is 103 cm³/mol. The molecule has 23 heavy (non-hydrogen) atoms. The molecule has 1 aromatic carbocycles. The van der Waals surface area contributed by atoms with E-state index in [4.69, 9.17) is 4.98 Å². The van der Waals surface area contributed by atoms with Crippen LogP contribution in [0.25, 0.3) is 10.2 Å². The highest BCUT2D eigenvalue weighted by atomic mass is 79.9. The van der Waals surface area contributed by atoms with E-state index in [0.29, 0.717) is 0 Å². The van der Waals surface area contributed by atoms with Crippen LogP contribution in [0.2, 0.25) is 0 Å². The van der Waals surface area contributed by atoms with E-state index in [9.17, 15) is 0 Å². The second-order valence-electron chi connectivity index (χ2n) is 6.80. The molecule has 2 saturated heterocycles. The molecule has 1 unspecified atom stereocenters. The Morgan fingerprint density at radius 1 is 1.04 bits per heavy atom. The van der Waals surface area contributed by atoms with Gasteiger partial charge in [-0.1, -0.05) is 40.1 Å². The predicted octanol–water partition coefficient (Wildman–Crippen LogP) is 4.90. The molecule has 3 nitrogen and oxygen atoms in total. The lowest BCUT2D eigenvalue weighted by Crippen LogP contribution is -2.48. The zero-order valence-electron chi connectivity index (χ0n) is 13.5. The average molecular weight is 394 g/mol. The summed E-state index contributed by atoms with van der Waals surface area (Å²) in [6, 6.07) is 7.12. The minimum absolute atomic E-state index is 0.723. The van der Waals surface area contributed by atoms with Gasteiger partial charge in [0.1, 0.15) is 0 Å². The first-order valence-corrected chi connectivity index (χ1v) is 10.5. The Kier molecular flexibility index (Phi) is 4.88. The van der Waals surface area contributed by atoms with E-state index in [2.05, 4.69) is 43.9 Å². The smallest absolute Gasteiger partial charge is 0.186 e. The molecule has 4 rings (SSSR count). The van der Waals surface area contributed by atoms with E-state index in [0.717, 1.165) is 29.1 Å². The molecule has 0 aliphatic carbocycles. The molecule has 0 bridgehead atoms. The summed E-state index contributed by atoms with van der Waals surface area (Å²) < 4.78 is 2.42. The quantitative estimate of drug-likeness (QED) is 0.722. The van der Waals surface area contributed by atoms with Crippen LogP contribution in [-0.4, -0.2) is 42.1 Å². The van der Waals surface area contributed by atoms with E-state index < -0.39 is 0 Å². The molecule has 0 saturated carbocycles. The first kappa shape index (κ1) is 15.9. The fourth-order valence-corrected chi connectivity index (χ4v) is 5.46. The number of nitrogens with zero attached hydrogens (tertiary/aromatic N) is 3. The SMILES string of the molecule is Brc1ccc2nc(N3CCCC(N4CCCCCC4)C3)sc2c1. The maximum atomic E-state index is 4.88. The number of rotatable bonds is 2. The first-order valence-electron chi connectivity index (χ1n) is 8.85. The molecule has 1 atom stereocenters. The number of thiazole rings is 1. The summed E-state index contributed by atoms with van der Waals surface area (Å²) in [6.45, 7) is 4.91. The van der Waals surface area contributed by atoms with Crippen LogP contribution >= 0.6 is 27.3 Å². The number of halogens is 1. The highest BCUT2D eigenvalue weighted by Gasteiger charge is 2.27. The van der Waals surface area contributed by atoms with Crippen LogP contribution < -0.4 is 4.90 Å². The summed E-state index contributed by atoms with van der Waals surface area (Å²) >= 11 is 5.40. The molecular formula is C18H24BrN3S. The third-order valence-electron chi connectivity index (χ3n) is 5.16. The van der Waals surface area contributed by atoms with Crippen molar-refractivity contribution in [1.82, 2.24) is 9.88 Å². The average Bonchev–Trinajstić information content (AvgIpc) is 2.80. The molecule has 1 aromatic heterocycles. The minimum Gasteiger partial charge on any atom is -0.346 e. The molecule has 2 aromatic rings. The maximum absolute atomic E-state index is 4.88. The van der Waals surface area contributed by atoms with Crippen molar-refractivity contribution >= 4 is 42.6 Å². The van der Waals surface area contributed by atoms with Crippen LogP contribution in [0.3, 0.4) is 0 Å². The normalized spacial score (nSPS) is 24.0. The summed E-state index contributed by atoms with van der Waals surface area (Å²) in [5.41, 5.74) is 1.13. The Balaban J connectivity index is 1.51. The van der Waals surface area contributed by atoms with Gasteiger partial charge >= 0.3 is 0 Å². The van der Waals surface area contributed by atoms with Crippen molar-refractivity contribution in [3.63, 3.8) is 0 Å². The van der Waals surface area contributed by atoms with Crippen LogP contribution in [0.1, 0.15) is 38.5 Å². The van der Waals surface area contributed by atoms with Crippen LogP contribution in [0, 0.1) is 0 Å². The number of piperidine rings is 1. The Hall–Kier alpha value is -0.650. The lowest BCUT2D eigenvalue weighted by atomic mass is 10.0. The Bertz CT molecular complexity index is 663. The van der Waals surface area contributed by atoms with Crippen molar-refractivity contribution in [3.05, 3.63) is 22.7 Å². The largest absolute Gasteiger partial charge is 0.346 e. The molecule has 2 aliphatic heterocycles. The molecule has 0 radical (unpaired) electrons. The van der Waals surface area contributed by atoms with Crippen LogP contribution in [-0.2, 0) is 0 Å². The minimum atomic E-state index is 0.723. The molecule has 0 amide bonds. The topological polar surface area (TPSA) is 19.4 Å². The summed E-state index contributed by atoms with van der Waals surface area (Å²) in [5, 5.41) is 1.21. The standard InChI is InChI=1S/C18H24BrN3S/c19-14-7-8-16-17(12-14)23-18(20-16)22-11-5-6-15(13-22)21-9-3-1-2-4-10-21/h7-8,12,15H,1-6,9-11,13H2.